The lowest BCUT2D eigenvalue weighted by Crippen LogP contribution is -2.21. The van der Waals surface area contributed by atoms with Crippen molar-refractivity contribution in [1.82, 2.24) is 10.2 Å². The number of amides is 1. The Balaban J connectivity index is 1.67. The summed E-state index contributed by atoms with van der Waals surface area (Å²) in [5, 5.41) is 11.8. The van der Waals surface area contributed by atoms with Crippen molar-refractivity contribution in [3.05, 3.63) is 70.4 Å². The number of nitrogens with zero attached hydrogens (tertiary/aromatic N) is 3. The van der Waals surface area contributed by atoms with E-state index in [1.165, 1.54) is 35.6 Å². The van der Waals surface area contributed by atoms with Crippen molar-refractivity contribution < 1.29 is 9.18 Å². The van der Waals surface area contributed by atoms with E-state index < -0.39 is 0 Å². The van der Waals surface area contributed by atoms with Gasteiger partial charge in [-0.25, -0.2) is 4.39 Å². The van der Waals surface area contributed by atoms with Gasteiger partial charge in [0, 0.05) is 17.9 Å². The van der Waals surface area contributed by atoms with Crippen LogP contribution in [0.1, 0.15) is 21.7 Å². The second kappa shape index (κ2) is 7.85. The van der Waals surface area contributed by atoms with Crippen LogP contribution < -0.4 is 10.2 Å². The summed E-state index contributed by atoms with van der Waals surface area (Å²) in [4.78, 5) is 14.4. The van der Waals surface area contributed by atoms with Gasteiger partial charge in [-0.15, -0.1) is 10.2 Å². The summed E-state index contributed by atoms with van der Waals surface area (Å²) in [5.74, 6) is -0.699. The highest BCUT2D eigenvalue weighted by atomic mass is 32.1. The molecule has 0 aliphatic heterocycles. The van der Waals surface area contributed by atoms with Gasteiger partial charge < -0.3 is 10.2 Å². The van der Waals surface area contributed by atoms with Crippen LogP contribution in [0.3, 0.4) is 0 Å². The zero-order chi connectivity index (χ0) is 17.6. The average Bonchev–Trinajstić information content (AvgIpc) is 3.11. The van der Waals surface area contributed by atoms with Crippen LogP contribution in [-0.4, -0.2) is 22.6 Å². The summed E-state index contributed by atoms with van der Waals surface area (Å²) in [6, 6.07) is 15.6. The van der Waals surface area contributed by atoms with E-state index in [1.54, 1.807) is 0 Å². The minimum atomic E-state index is -0.350. The number of carbonyl (C=O) groups excluding carboxylic acids is 1. The van der Waals surface area contributed by atoms with E-state index in [2.05, 4.69) is 27.3 Å². The first-order chi connectivity index (χ1) is 12.2. The first-order valence-corrected chi connectivity index (χ1v) is 8.66. The molecule has 128 valence electrons. The Kier molecular flexibility index (Phi) is 5.35. The van der Waals surface area contributed by atoms with Crippen molar-refractivity contribution in [3.8, 4) is 0 Å². The Morgan fingerprint density at radius 3 is 2.52 bits per heavy atom. The van der Waals surface area contributed by atoms with E-state index >= 15 is 0 Å². The highest BCUT2D eigenvalue weighted by Crippen LogP contribution is 2.19. The maximum absolute atomic E-state index is 12.9. The lowest BCUT2D eigenvalue weighted by Gasteiger charge is -2.21. The second-order valence-electron chi connectivity index (χ2n) is 5.31. The molecule has 1 N–H and O–H groups in total. The standard InChI is InChI=1S/C18H17FN4OS/c1-2-23(15-6-4-3-5-7-15)12-16-21-22-18(25-16)17(24)20-14-10-8-13(19)9-11-14/h3-11H,2,12H2,1H3,(H,20,24). The maximum Gasteiger partial charge on any atom is 0.286 e. The zero-order valence-corrected chi connectivity index (χ0v) is 14.5. The molecule has 0 aliphatic carbocycles. The number of anilines is 2. The monoisotopic (exact) mass is 356 g/mol. The molecule has 25 heavy (non-hydrogen) atoms. The van der Waals surface area contributed by atoms with Crippen LogP contribution in [0.15, 0.2) is 54.6 Å². The van der Waals surface area contributed by atoms with Gasteiger partial charge in [-0.2, -0.15) is 0 Å². The minimum Gasteiger partial charge on any atom is -0.365 e. The summed E-state index contributed by atoms with van der Waals surface area (Å²) in [7, 11) is 0. The highest BCUT2D eigenvalue weighted by molar-refractivity contribution is 7.13. The van der Waals surface area contributed by atoms with Gasteiger partial charge in [-0.3, -0.25) is 4.79 Å². The summed E-state index contributed by atoms with van der Waals surface area (Å²) in [6.45, 7) is 3.47. The lowest BCUT2D eigenvalue weighted by atomic mass is 10.3. The zero-order valence-electron chi connectivity index (χ0n) is 13.6. The normalized spacial score (nSPS) is 10.5. The molecule has 0 saturated heterocycles. The number of benzene rings is 2. The molecule has 0 bridgehead atoms. The number of rotatable bonds is 6. The molecule has 0 atom stereocenters. The number of hydrogen-bond donors (Lipinski definition) is 1. The summed E-state index contributed by atoms with van der Waals surface area (Å²) < 4.78 is 12.9. The number of aromatic nitrogens is 2. The van der Waals surface area contributed by atoms with Gasteiger partial charge in [0.05, 0.1) is 6.54 Å². The first kappa shape index (κ1) is 17.0. The van der Waals surface area contributed by atoms with Crippen molar-refractivity contribution in [3.63, 3.8) is 0 Å². The number of para-hydroxylation sites is 1. The van der Waals surface area contributed by atoms with Gasteiger partial charge in [-0.1, -0.05) is 29.5 Å². The molecule has 0 aliphatic rings. The second-order valence-corrected chi connectivity index (χ2v) is 6.37. The highest BCUT2D eigenvalue weighted by Gasteiger charge is 2.15. The number of halogens is 1. The van der Waals surface area contributed by atoms with Crippen molar-refractivity contribution >= 4 is 28.6 Å². The predicted octanol–water partition coefficient (Wildman–Crippen LogP) is 3.96. The lowest BCUT2D eigenvalue weighted by molar-refractivity contribution is 0.102. The molecule has 3 aromatic rings. The smallest absolute Gasteiger partial charge is 0.286 e. The Hall–Kier alpha value is -2.80. The van der Waals surface area contributed by atoms with Crippen molar-refractivity contribution in [2.45, 2.75) is 13.5 Å². The Bertz CT molecular complexity index is 836. The topological polar surface area (TPSA) is 58.1 Å². The molecule has 1 heterocycles. The SMILES string of the molecule is CCN(Cc1nnc(C(=O)Nc2ccc(F)cc2)s1)c1ccccc1. The molecular weight excluding hydrogens is 339 g/mol. The first-order valence-electron chi connectivity index (χ1n) is 7.85. The average molecular weight is 356 g/mol. The quantitative estimate of drug-likeness (QED) is 0.726. The van der Waals surface area contributed by atoms with E-state index in [9.17, 15) is 9.18 Å². The van der Waals surface area contributed by atoms with Crippen molar-refractivity contribution in [2.75, 3.05) is 16.8 Å². The molecule has 0 unspecified atom stereocenters. The minimum absolute atomic E-state index is 0.281. The Morgan fingerprint density at radius 1 is 1.12 bits per heavy atom. The van der Waals surface area contributed by atoms with Gasteiger partial charge >= 0.3 is 0 Å². The van der Waals surface area contributed by atoms with Crippen molar-refractivity contribution in [1.29, 1.82) is 0 Å². The fraction of sp³-hybridized carbons (Fsp3) is 0.167. The van der Waals surface area contributed by atoms with Crippen LogP contribution in [0, 0.1) is 5.82 Å². The van der Waals surface area contributed by atoms with Gasteiger partial charge in [0.2, 0.25) is 5.01 Å². The van der Waals surface area contributed by atoms with Crippen LogP contribution >= 0.6 is 11.3 Å². The molecule has 1 amide bonds. The van der Waals surface area contributed by atoms with Crippen LogP contribution in [0.4, 0.5) is 15.8 Å². The van der Waals surface area contributed by atoms with Gasteiger partial charge in [0.25, 0.3) is 5.91 Å². The van der Waals surface area contributed by atoms with Gasteiger partial charge in [0.15, 0.2) is 0 Å². The fourth-order valence-electron chi connectivity index (χ4n) is 2.31. The number of nitrogens with one attached hydrogen (secondary N) is 1. The fourth-order valence-corrected chi connectivity index (χ4v) is 3.07. The number of hydrogen-bond acceptors (Lipinski definition) is 5. The molecule has 0 radical (unpaired) electrons. The molecular formula is C18H17FN4OS. The molecule has 0 fully saturated rings. The summed E-state index contributed by atoms with van der Waals surface area (Å²) in [6.07, 6.45) is 0. The van der Waals surface area contributed by atoms with Gasteiger partial charge in [-0.05, 0) is 43.3 Å². The summed E-state index contributed by atoms with van der Waals surface area (Å²) >= 11 is 1.25. The van der Waals surface area contributed by atoms with E-state index in [0.717, 1.165) is 17.2 Å². The maximum atomic E-state index is 12.9. The molecule has 0 saturated carbocycles. The molecule has 1 aromatic heterocycles. The van der Waals surface area contributed by atoms with E-state index in [1.807, 2.05) is 30.3 Å². The molecule has 5 nitrogen and oxygen atoms in total. The van der Waals surface area contributed by atoms with E-state index in [4.69, 9.17) is 0 Å². The van der Waals surface area contributed by atoms with Crippen LogP contribution in [0.25, 0.3) is 0 Å². The third kappa shape index (κ3) is 4.39. The Labute approximate surface area is 149 Å². The van der Waals surface area contributed by atoms with E-state index in [0.29, 0.717) is 12.2 Å². The van der Waals surface area contributed by atoms with Crippen LogP contribution in [0.2, 0.25) is 0 Å². The largest absolute Gasteiger partial charge is 0.365 e. The van der Waals surface area contributed by atoms with Gasteiger partial charge in [0.1, 0.15) is 10.8 Å². The predicted molar refractivity (Wildman–Crippen MR) is 97.4 cm³/mol. The Morgan fingerprint density at radius 2 is 1.84 bits per heavy atom. The van der Waals surface area contributed by atoms with Crippen molar-refractivity contribution in [2.24, 2.45) is 0 Å². The van der Waals surface area contributed by atoms with Crippen LogP contribution in [0.5, 0.6) is 0 Å². The van der Waals surface area contributed by atoms with Crippen LogP contribution in [-0.2, 0) is 6.54 Å². The molecule has 3 rings (SSSR count). The molecule has 7 heteroatoms. The van der Waals surface area contributed by atoms with E-state index in [-0.39, 0.29) is 16.7 Å². The summed E-state index contributed by atoms with van der Waals surface area (Å²) in [5.41, 5.74) is 1.61. The third-order valence-corrected chi connectivity index (χ3v) is 4.50. The molecule has 2 aromatic carbocycles. The number of carbonyl (C=O) groups is 1. The third-order valence-electron chi connectivity index (χ3n) is 3.59. The molecule has 0 spiro atoms.